The normalized spacial score (nSPS) is 14.9. The van der Waals surface area contributed by atoms with Gasteiger partial charge in [0.1, 0.15) is 18.5 Å². The minimum atomic E-state index is -0.523. The molecule has 1 aliphatic heterocycles. The van der Waals surface area contributed by atoms with Gasteiger partial charge >= 0.3 is 6.09 Å². The first-order valence-corrected chi connectivity index (χ1v) is 12.1. The molecule has 1 fully saturated rings. The zero-order chi connectivity index (χ0) is 24.6. The lowest BCUT2D eigenvalue weighted by molar-refractivity contribution is 0.0147. The Morgan fingerprint density at radius 2 is 1.94 bits per heavy atom. The van der Waals surface area contributed by atoms with E-state index in [2.05, 4.69) is 15.3 Å². The predicted octanol–water partition coefficient (Wildman–Crippen LogP) is 4.74. The summed E-state index contributed by atoms with van der Waals surface area (Å²) < 4.78 is 18.7. The molecule has 1 amide bonds. The summed E-state index contributed by atoms with van der Waals surface area (Å²) in [4.78, 5) is 14.6. The fourth-order valence-electron chi connectivity index (χ4n) is 3.94. The number of benzene rings is 2. The number of hydrogen-bond donors (Lipinski definition) is 1. The molecule has 0 aliphatic carbocycles. The Bertz CT molecular complexity index is 1120. The number of nitrogens with zero attached hydrogens (tertiary/aromatic N) is 3. The maximum absolute atomic E-state index is 12.4. The first-order chi connectivity index (χ1) is 17.0. The number of anilines is 1. The van der Waals surface area contributed by atoms with Crippen molar-refractivity contribution in [2.24, 2.45) is 0 Å². The lowest BCUT2D eigenvalue weighted by atomic mass is 10.2. The van der Waals surface area contributed by atoms with Crippen molar-refractivity contribution in [3.63, 3.8) is 0 Å². The molecule has 8 nitrogen and oxygen atoms in total. The molecule has 0 bridgehead atoms. The molecule has 1 aromatic heterocycles. The van der Waals surface area contributed by atoms with Crippen LogP contribution in [0.5, 0.6) is 5.75 Å². The molecule has 0 radical (unpaired) electrons. The van der Waals surface area contributed by atoms with Gasteiger partial charge in [0.2, 0.25) is 0 Å². The fraction of sp³-hybridized carbons (Fsp3) is 0.385. The first-order valence-electron chi connectivity index (χ1n) is 11.7. The van der Waals surface area contributed by atoms with E-state index in [1.165, 1.54) is 0 Å². The maximum atomic E-state index is 12.4. The Morgan fingerprint density at radius 3 is 2.71 bits per heavy atom. The first kappa shape index (κ1) is 25.0. The number of rotatable bonds is 9. The number of hydrogen-bond acceptors (Lipinski definition) is 6. The second-order valence-electron chi connectivity index (χ2n) is 8.61. The van der Waals surface area contributed by atoms with Gasteiger partial charge in [-0.25, -0.2) is 4.79 Å². The lowest BCUT2D eigenvalue weighted by Crippen LogP contribution is -2.41. The highest BCUT2D eigenvalue weighted by Crippen LogP contribution is 2.25. The molecular formula is C26H31ClN4O4. The summed E-state index contributed by atoms with van der Waals surface area (Å²) >= 11 is 6.26. The van der Waals surface area contributed by atoms with Crippen LogP contribution in [-0.4, -0.2) is 59.7 Å². The molecule has 0 spiro atoms. The van der Waals surface area contributed by atoms with Gasteiger partial charge in [-0.1, -0.05) is 41.9 Å². The number of amides is 1. The fourth-order valence-corrected chi connectivity index (χ4v) is 4.14. The molecule has 1 saturated heterocycles. The SMILES string of the molecule is Cc1cc(NC(=O)OC(C)CN2CCOCC2)nn1Cc1cc(Cl)ccc1OCc1ccccc1. The number of morpholine rings is 1. The van der Waals surface area contributed by atoms with Crippen LogP contribution in [0.15, 0.2) is 54.6 Å². The van der Waals surface area contributed by atoms with E-state index in [0.717, 1.165) is 35.7 Å². The van der Waals surface area contributed by atoms with Crippen molar-refractivity contribution < 1.29 is 19.0 Å². The second-order valence-corrected chi connectivity index (χ2v) is 9.05. The van der Waals surface area contributed by atoms with E-state index in [4.69, 9.17) is 25.8 Å². The summed E-state index contributed by atoms with van der Waals surface area (Å²) in [6, 6.07) is 17.3. The Balaban J connectivity index is 1.36. The van der Waals surface area contributed by atoms with E-state index in [1.54, 1.807) is 4.68 Å². The van der Waals surface area contributed by atoms with Gasteiger partial charge in [-0.3, -0.25) is 14.9 Å². The van der Waals surface area contributed by atoms with Crippen molar-refractivity contribution in [2.45, 2.75) is 33.1 Å². The topological polar surface area (TPSA) is 77.9 Å². The van der Waals surface area contributed by atoms with Gasteiger partial charge < -0.3 is 14.2 Å². The molecule has 2 heterocycles. The lowest BCUT2D eigenvalue weighted by Gasteiger charge is -2.28. The molecule has 1 aliphatic rings. The van der Waals surface area contributed by atoms with Gasteiger partial charge in [0, 0.05) is 42.0 Å². The third-order valence-corrected chi connectivity index (χ3v) is 5.95. The zero-order valence-electron chi connectivity index (χ0n) is 20.1. The summed E-state index contributed by atoms with van der Waals surface area (Å²) in [5.74, 6) is 1.17. The van der Waals surface area contributed by atoms with Gasteiger partial charge in [0.25, 0.3) is 0 Å². The van der Waals surface area contributed by atoms with Crippen molar-refractivity contribution in [3.8, 4) is 5.75 Å². The number of carbonyl (C=O) groups is 1. The largest absolute Gasteiger partial charge is 0.489 e. The van der Waals surface area contributed by atoms with Gasteiger partial charge in [0.15, 0.2) is 5.82 Å². The van der Waals surface area contributed by atoms with Crippen LogP contribution in [0.1, 0.15) is 23.7 Å². The number of ether oxygens (including phenoxy) is 3. The highest BCUT2D eigenvalue weighted by atomic mass is 35.5. The third kappa shape index (κ3) is 7.45. The quantitative estimate of drug-likeness (QED) is 0.459. The van der Waals surface area contributed by atoms with E-state index in [-0.39, 0.29) is 6.10 Å². The minimum Gasteiger partial charge on any atom is -0.489 e. The Labute approximate surface area is 210 Å². The van der Waals surface area contributed by atoms with Crippen LogP contribution >= 0.6 is 11.6 Å². The van der Waals surface area contributed by atoms with Gasteiger partial charge in [-0.15, -0.1) is 0 Å². The van der Waals surface area contributed by atoms with Crippen molar-refractivity contribution in [1.82, 2.24) is 14.7 Å². The molecule has 3 aromatic rings. The van der Waals surface area contributed by atoms with E-state index in [9.17, 15) is 4.79 Å². The summed E-state index contributed by atoms with van der Waals surface area (Å²) in [5.41, 5.74) is 2.86. The number of carbonyl (C=O) groups excluding carboxylic acids is 1. The predicted molar refractivity (Wildman–Crippen MR) is 135 cm³/mol. The minimum absolute atomic E-state index is 0.243. The van der Waals surface area contributed by atoms with Crippen molar-refractivity contribution in [3.05, 3.63) is 76.4 Å². The average Bonchev–Trinajstić information content (AvgIpc) is 3.17. The summed E-state index contributed by atoms with van der Waals surface area (Å²) in [7, 11) is 0. The van der Waals surface area contributed by atoms with Crippen LogP contribution < -0.4 is 10.1 Å². The Morgan fingerprint density at radius 1 is 1.17 bits per heavy atom. The highest BCUT2D eigenvalue weighted by molar-refractivity contribution is 6.30. The van der Waals surface area contributed by atoms with Crippen LogP contribution in [0.4, 0.5) is 10.6 Å². The molecule has 1 N–H and O–H groups in total. The summed E-state index contributed by atoms with van der Waals surface area (Å²) in [6.07, 6.45) is -0.767. The van der Waals surface area contributed by atoms with Crippen molar-refractivity contribution >= 4 is 23.5 Å². The Hall–Kier alpha value is -3.07. The number of aryl methyl sites for hydroxylation is 1. The van der Waals surface area contributed by atoms with Crippen molar-refractivity contribution in [2.75, 3.05) is 38.2 Å². The van der Waals surface area contributed by atoms with E-state index >= 15 is 0 Å². The van der Waals surface area contributed by atoms with Gasteiger partial charge in [-0.2, -0.15) is 5.10 Å². The second kappa shape index (κ2) is 12.1. The van der Waals surface area contributed by atoms with Crippen LogP contribution in [0.2, 0.25) is 5.02 Å². The molecule has 0 saturated carbocycles. The monoisotopic (exact) mass is 498 g/mol. The van der Waals surface area contributed by atoms with E-state index < -0.39 is 6.09 Å². The number of aromatic nitrogens is 2. The highest BCUT2D eigenvalue weighted by Gasteiger charge is 2.18. The molecule has 35 heavy (non-hydrogen) atoms. The molecule has 186 valence electrons. The number of nitrogens with one attached hydrogen (secondary N) is 1. The van der Waals surface area contributed by atoms with Gasteiger partial charge in [-0.05, 0) is 37.6 Å². The van der Waals surface area contributed by atoms with E-state index in [0.29, 0.717) is 43.8 Å². The molecule has 1 atom stereocenters. The smallest absolute Gasteiger partial charge is 0.413 e. The van der Waals surface area contributed by atoms with Crippen LogP contribution in [-0.2, 0) is 22.6 Å². The third-order valence-electron chi connectivity index (χ3n) is 5.72. The molecular weight excluding hydrogens is 468 g/mol. The number of halogens is 1. The van der Waals surface area contributed by atoms with Crippen LogP contribution in [0, 0.1) is 6.92 Å². The van der Waals surface area contributed by atoms with Crippen LogP contribution in [0.25, 0.3) is 0 Å². The molecule has 4 rings (SSSR count). The maximum Gasteiger partial charge on any atom is 0.413 e. The molecule has 9 heteroatoms. The zero-order valence-corrected chi connectivity index (χ0v) is 20.8. The average molecular weight is 499 g/mol. The van der Waals surface area contributed by atoms with Gasteiger partial charge in [0.05, 0.1) is 19.8 Å². The van der Waals surface area contributed by atoms with E-state index in [1.807, 2.05) is 68.4 Å². The van der Waals surface area contributed by atoms with Crippen LogP contribution in [0.3, 0.4) is 0 Å². The Kier molecular flexibility index (Phi) is 8.63. The molecule has 2 aromatic carbocycles. The molecule has 1 unspecified atom stereocenters. The summed E-state index contributed by atoms with van der Waals surface area (Å²) in [5, 5.41) is 7.89. The van der Waals surface area contributed by atoms with Crippen molar-refractivity contribution in [1.29, 1.82) is 0 Å². The standard InChI is InChI=1S/C26H31ClN4O4/c1-19-14-25(28-26(32)35-20(2)16-30-10-12-33-13-11-30)29-31(19)17-22-15-23(27)8-9-24(22)34-18-21-6-4-3-5-7-21/h3-9,14-15,20H,10-13,16-18H2,1-2H3,(H,28,29,32). The summed E-state index contributed by atoms with van der Waals surface area (Å²) in [6.45, 7) is 8.50.